The predicted octanol–water partition coefficient (Wildman–Crippen LogP) is 2.94. The molecule has 0 fully saturated rings. The molecule has 16 heavy (non-hydrogen) atoms. The Morgan fingerprint density at radius 3 is 2.88 bits per heavy atom. The Kier molecular flexibility index (Phi) is 5.21. The van der Waals surface area contributed by atoms with Gasteiger partial charge >= 0.3 is 5.97 Å². The quantitative estimate of drug-likeness (QED) is 0.667. The summed E-state index contributed by atoms with van der Waals surface area (Å²) in [5, 5.41) is 2.92. The molecule has 0 bridgehead atoms. The predicted molar refractivity (Wildman–Crippen MR) is 67.3 cm³/mol. The van der Waals surface area contributed by atoms with Crippen molar-refractivity contribution in [3.63, 3.8) is 0 Å². The number of ether oxygens (including phenoxy) is 1. The fourth-order valence-corrected chi connectivity index (χ4v) is 1.62. The van der Waals surface area contributed by atoms with E-state index in [9.17, 15) is 9.18 Å². The van der Waals surface area contributed by atoms with Crippen LogP contribution >= 0.6 is 31.9 Å². The summed E-state index contributed by atoms with van der Waals surface area (Å²) in [6.45, 7) is 0.327. The number of esters is 1. The van der Waals surface area contributed by atoms with Crippen LogP contribution in [0, 0.1) is 5.82 Å². The zero-order chi connectivity index (χ0) is 12.1. The number of halogens is 3. The van der Waals surface area contributed by atoms with Crippen LogP contribution in [-0.4, -0.2) is 24.5 Å². The minimum absolute atomic E-state index is 0.327. The second kappa shape index (κ2) is 6.20. The number of carbonyl (C=O) groups excluding carboxylic acids is 1. The van der Waals surface area contributed by atoms with Crippen LogP contribution in [0.2, 0.25) is 0 Å². The summed E-state index contributed by atoms with van der Waals surface area (Å²) in [5.41, 5.74) is 0.606. The summed E-state index contributed by atoms with van der Waals surface area (Å²) in [5.74, 6) is -0.723. The highest BCUT2D eigenvalue weighted by Crippen LogP contribution is 2.19. The maximum absolute atomic E-state index is 13.1. The molecular weight excluding hydrogens is 345 g/mol. The van der Waals surface area contributed by atoms with Crippen LogP contribution in [0.25, 0.3) is 0 Å². The molecule has 0 saturated heterocycles. The normalized spacial score (nSPS) is 12.0. The van der Waals surface area contributed by atoms with E-state index in [2.05, 4.69) is 41.9 Å². The monoisotopic (exact) mass is 353 g/mol. The zero-order valence-corrected chi connectivity index (χ0v) is 11.6. The topological polar surface area (TPSA) is 38.3 Å². The molecule has 6 heteroatoms. The highest BCUT2D eigenvalue weighted by atomic mass is 79.9. The summed E-state index contributed by atoms with van der Waals surface area (Å²) >= 11 is 6.21. The molecule has 3 nitrogen and oxygen atoms in total. The molecule has 0 radical (unpaired) electrons. The van der Waals surface area contributed by atoms with Crippen LogP contribution in [-0.2, 0) is 9.53 Å². The Morgan fingerprint density at radius 1 is 1.62 bits per heavy atom. The molecule has 1 unspecified atom stereocenters. The lowest BCUT2D eigenvalue weighted by Crippen LogP contribution is -2.24. The summed E-state index contributed by atoms with van der Waals surface area (Å²) < 4.78 is 18.1. The van der Waals surface area contributed by atoms with Crippen molar-refractivity contribution in [2.45, 2.75) is 4.83 Å². The molecule has 1 atom stereocenters. The van der Waals surface area contributed by atoms with Crippen molar-refractivity contribution in [3.8, 4) is 0 Å². The molecule has 0 amide bonds. The second-order valence-corrected chi connectivity index (χ2v) is 4.96. The van der Waals surface area contributed by atoms with Gasteiger partial charge in [-0.25, -0.2) is 4.39 Å². The number of anilines is 1. The molecule has 1 aromatic carbocycles. The van der Waals surface area contributed by atoms with Crippen molar-refractivity contribution in [2.75, 3.05) is 19.0 Å². The molecule has 1 N–H and O–H groups in total. The largest absolute Gasteiger partial charge is 0.468 e. The Bertz CT molecular complexity index is 387. The van der Waals surface area contributed by atoms with E-state index in [1.54, 1.807) is 12.1 Å². The first-order chi connectivity index (χ1) is 7.54. The van der Waals surface area contributed by atoms with Crippen LogP contribution in [0.3, 0.4) is 0 Å². The highest BCUT2D eigenvalue weighted by molar-refractivity contribution is 9.10. The summed E-state index contributed by atoms with van der Waals surface area (Å²) in [6.07, 6.45) is 0. The van der Waals surface area contributed by atoms with Crippen molar-refractivity contribution < 1.29 is 13.9 Å². The smallest absolute Gasteiger partial charge is 0.321 e. The highest BCUT2D eigenvalue weighted by Gasteiger charge is 2.14. The van der Waals surface area contributed by atoms with Gasteiger partial charge in [0.15, 0.2) is 0 Å². The fourth-order valence-electron chi connectivity index (χ4n) is 1.02. The van der Waals surface area contributed by atoms with E-state index in [0.29, 0.717) is 16.7 Å². The van der Waals surface area contributed by atoms with E-state index in [1.807, 2.05) is 0 Å². The number of nitrogens with one attached hydrogen (secondary N) is 1. The van der Waals surface area contributed by atoms with Crippen LogP contribution in [0.5, 0.6) is 0 Å². The van der Waals surface area contributed by atoms with Gasteiger partial charge in [0.25, 0.3) is 0 Å². The van der Waals surface area contributed by atoms with Gasteiger partial charge in [-0.3, -0.25) is 4.79 Å². The van der Waals surface area contributed by atoms with E-state index in [-0.39, 0.29) is 11.8 Å². The van der Waals surface area contributed by atoms with Gasteiger partial charge in [-0.05, 0) is 34.1 Å². The number of carbonyl (C=O) groups is 1. The van der Waals surface area contributed by atoms with Crippen molar-refractivity contribution >= 4 is 43.5 Å². The molecule has 0 aliphatic carbocycles. The number of alkyl halides is 1. The minimum atomic E-state index is -0.454. The average molecular weight is 355 g/mol. The third kappa shape index (κ3) is 3.75. The van der Waals surface area contributed by atoms with E-state index in [1.165, 1.54) is 13.2 Å². The molecule has 0 aromatic heterocycles. The van der Waals surface area contributed by atoms with Crippen LogP contribution < -0.4 is 5.32 Å². The number of hydrogen-bond donors (Lipinski definition) is 1. The molecule has 0 aliphatic heterocycles. The first kappa shape index (κ1) is 13.4. The van der Waals surface area contributed by atoms with Crippen molar-refractivity contribution in [2.24, 2.45) is 0 Å². The van der Waals surface area contributed by atoms with Gasteiger partial charge in [-0.1, -0.05) is 15.9 Å². The second-order valence-electron chi connectivity index (χ2n) is 3.00. The summed E-state index contributed by atoms with van der Waals surface area (Å²) in [4.78, 5) is 10.6. The maximum atomic E-state index is 13.1. The first-order valence-corrected chi connectivity index (χ1v) is 6.16. The van der Waals surface area contributed by atoms with E-state index in [0.717, 1.165) is 0 Å². The van der Waals surface area contributed by atoms with Gasteiger partial charge < -0.3 is 10.1 Å². The number of hydrogen-bond acceptors (Lipinski definition) is 3. The lowest BCUT2D eigenvalue weighted by atomic mass is 10.3. The SMILES string of the molecule is COC(=O)C(Br)CNc1ccc(Br)c(F)c1. The van der Waals surface area contributed by atoms with E-state index < -0.39 is 4.83 Å². The Hall–Kier alpha value is -0.620. The summed E-state index contributed by atoms with van der Waals surface area (Å²) in [7, 11) is 1.32. The van der Waals surface area contributed by atoms with Crippen molar-refractivity contribution in [1.29, 1.82) is 0 Å². The standard InChI is InChI=1S/C10H10Br2FNO2/c1-16-10(15)8(12)5-14-6-2-3-7(11)9(13)4-6/h2-4,8,14H,5H2,1H3. The Morgan fingerprint density at radius 2 is 2.31 bits per heavy atom. The van der Waals surface area contributed by atoms with Gasteiger partial charge in [0.1, 0.15) is 10.6 Å². The minimum Gasteiger partial charge on any atom is -0.468 e. The molecule has 1 rings (SSSR count). The molecule has 88 valence electrons. The Balaban J connectivity index is 2.55. The number of benzene rings is 1. The van der Waals surface area contributed by atoms with E-state index >= 15 is 0 Å². The van der Waals surface area contributed by atoms with Crippen LogP contribution in [0.1, 0.15) is 0 Å². The summed E-state index contributed by atoms with van der Waals surface area (Å²) in [6, 6.07) is 4.66. The van der Waals surface area contributed by atoms with E-state index in [4.69, 9.17) is 0 Å². The van der Waals surface area contributed by atoms with Crippen molar-refractivity contribution in [3.05, 3.63) is 28.5 Å². The Labute approximate surface area is 110 Å². The van der Waals surface area contributed by atoms with Gasteiger partial charge in [0.2, 0.25) is 0 Å². The maximum Gasteiger partial charge on any atom is 0.321 e. The number of methoxy groups -OCH3 is 1. The molecule has 0 heterocycles. The zero-order valence-electron chi connectivity index (χ0n) is 8.47. The van der Waals surface area contributed by atoms with Gasteiger partial charge in [-0.15, -0.1) is 0 Å². The molecular formula is C10H10Br2FNO2. The van der Waals surface area contributed by atoms with Gasteiger partial charge in [-0.2, -0.15) is 0 Å². The third-order valence-corrected chi connectivity index (χ3v) is 3.20. The lowest BCUT2D eigenvalue weighted by molar-refractivity contribution is -0.139. The molecule has 0 saturated carbocycles. The van der Waals surface area contributed by atoms with Crippen LogP contribution in [0.4, 0.5) is 10.1 Å². The lowest BCUT2D eigenvalue weighted by Gasteiger charge is -2.10. The molecule has 0 aliphatic rings. The fraction of sp³-hybridized carbons (Fsp3) is 0.300. The molecule has 0 spiro atoms. The van der Waals surface area contributed by atoms with Crippen molar-refractivity contribution in [1.82, 2.24) is 0 Å². The van der Waals surface area contributed by atoms with Gasteiger partial charge in [0.05, 0.1) is 11.6 Å². The third-order valence-electron chi connectivity index (χ3n) is 1.86. The van der Waals surface area contributed by atoms with Crippen LogP contribution in [0.15, 0.2) is 22.7 Å². The average Bonchev–Trinajstić information content (AvgIpc) is 2.29. The first-order valence-electron chi connectivity index (χ1n) is 4.45. The molecule has 1 aromatic rings. The van der Waals surface area contributed by atoms with Gasteiger partial charge in [0, 0.05) is 12.2 Å². The number of rotatable bonds is 4.